The number of nitrogens with two attached hydrogens (primary N) is 1. The molecular weight excluding hydrogens is 312 g/mol. The van der Waals surface area contributed by atoms with Gasteiger partial charge in [-0.25, -0.2) is 4.79 Å². The van der Waals surface area contributed by atoms with E-state index < -0.39 is 29.6 Å². The van der Waals surface area contributed by atoms with Gasteiger partial charge in [-0.05, 0) is 39.5 Å². The average molecular weight is 344 g/mol. The molecule has 0 unspecified atom stereocenters. The normalized spacial score (nSPS) is 14.1. The number of aliphatic carboxylic acids is 1. The standard InChI is InChI=1S/C17H32N2O5/c1-11(2)14(18)13(20)10-12(15(21)22)8-6-7-9-19-16(23)24-17(3,4)5/h11-12,14H,6-10,18H2,1-5H3,(H,19,23)(H,21,22)/t12-,14+/m1/s1. The quantitative estimate of drug-likeness (QED) is 0.523. The van der Waals surface area contributed by atoms with Gasteiger partial charge in [0, 0.05) is 13.0 Å². The number of carboxylic acid groups (broad SMARTS) is 1. The molecule has 24 heavy (non-hydrogen) atoms. The minimum Gasteiger partial charge on any atom is -0.481 e. The van der Waals surface area contributed by atoms with Crippen molar-refractivity contribution in [1.82, 2.24) is 5.32 Å². The van der Waals surface area contributed by atoms with Gasteiger partial charge in [0.2, 0.25) is 0 Å². The number of nitrogens with one attached hydrogen (secondary N) is 1. The Hall–Kier alpha value is -1.63. The number of carboxylic acids is 1. The molecule has 0 aliphatic carbocycles. The van der Waals surface area contributed by atoms with E-state index in [0.717, 1.165) is 0 Å². The van der Waals surface area contributed by atoms with E-state index in [9.17, 15) is 19.5 Å². The molecule has 0 aromatic carbocycles. The number of hydrogen-bond donors (Lipinski definition) is 3. The highest BCUT2D eigenvalue weighted by molar-refractivity contribution is 5.87. The third-order valence-electron chi connectivity index (χ3n) is 3.53. The first kappa shape index (κ1) is 22.4. The van der Waals surface area contributed by atoms with Gasteiger partial charge in [0.05, 0.1) is 12.0 Å². The Morgan fingerprint density at radius 2 is 1.75 bits per heavy atom. The maximum atomic E-state index is 11.9. The number of unbranched alkanes of at least 4 members (excludes halogenated alkanes) is 1. The van der Waals surface area contributed by atoms with E-state index in [4.69, 9.17) is 10.5 Å². The van der Waals surface area contributed by atoms with E-state index in [2.05, 4.69) is 5.32 Å². The summed E-state index contributed by atoms with van der Waals surface area (Å²) in [5.74, 6) is -1.95. The van der Waals surface area contributed by atoms with E-state index in [1.54, 1.807) is 20.8 Å². The Morgan fingerprint density at radius 1 is 1.17 bits per heavy atom. The van der Waals surface area contributed by atoms with Crippen LogP contribution in [0.15, 0.2) is 0 Å². The Kier molecular flexibility index (Phi) is 9.58. The minimum absolute atomic E-state index is 0.00928. The Balaban J connectivity index is 4.13. The smallest absolute Gasteiger partial charge is 0.407 e. The van der Waals surface area contributed by atoms with Crippen molar-refractivity contribution in [1.29, 1.82) is 0 Å². The molecule has 0 saturated carbocycles. The summed E-state index contributed by atoms with van der Waals surface area (Å²) >= 11 is 0. The summed E-state index contributed by atoms with van der Waals surface area (Å²) in [6.45, 7) is 9.41. The molecule has 0 aromatic heterocycles. The molecule has 1 amide bonds. The molecule has 0 rings (SSSR count). The topological polar surface area (TPSA) is 119 Å². The SMILES string of the molecule is CC(C)[C@H](N)C(=O)C[C@@H](CCCCNC(=O)OC(C)(C)C)C(=O)O. The number of hydrogen-bond acceptors (Lipinski definition) is 5. The molecule has 0 radical (unpaired) electrons. The van der Waals surface area contributed by atoms with Crippen LogP contribution in [0.2, 0.25) is 0 Å². The zero-order valence-electron chi connectivity index (χ0n) is 15.4. The summed E-state index contributed by atoms with van der Waals surface area (Å²) < 4.78 is 5.10. The van der Waals surface area contributed by atoms with Gasteiger partial charge in [0.1, 0.15) is 5.60 Å². The molecule has 140 valence electrons. The lowest BCUT2D eigenvalue weighted by atomic mass is 9.90. The molecule has 7 nitrogen and oxygen atoms in total. The third kappa shape index (κ3) is 10.2. The third-order valence-corrected chi connectivity index (χ3v) is 3.53. The van der Waals surface area contributed by atoms with Crippen LogP contribution in [-0.2, 0) is 14.3 Å². The zero-order valence-corrected chi connectivity index (χ0v) is 15.4. The summed E-state index contributed by atoms with van der Waals surface area (Å²) in [7, 11) is 0. The van der Waals surface area contributed by atoms with Crippen LogP contribution in [0, 0.1) is 11.8 Å². The molecule has 0 aromatic rings. The first-order valence-electron chi connectivity index (χ1n) is 8.42. The van der Waals surface area contributed by atoms with E-state index >= 15 is 0 Å². The van der Waals surface area contributed by atoms with Crippen LogP contribution in [0.25, 0.3) is 0 Å². The second kappa shape index (κ2) is 10.3. The zero-order chi connectivity index (χ0) is 18.9. The molecule has 0 aliphatic rings. The van der Waals surface area contributed by atoms with Crippen LogP contribution in [0.4, 0.5) is 4.79 Å². The fourth-order valence-corrected chi connectivity index (χ4v) is 2.08. The molecular formula is C17H32N2O5. The van der Waals surface area contributed by atoms with Crippen molar-refractivity contribution >= 4 is 17.8 Å². The Labute approximate surface area is 144 Å². The molecule has 0 heterocycles. The summed E-state index contributed by atoms with van der Waals surface area (Å²) in [6, 6.07) is -0.624. The number of carbonyl (C=O) groups excluding carboxylic acids is 2. The van der Waals surface area contributed by atoms with Crippen molar-refractivity contribution in [2.45, 2.75) is 71.9 Å². The first-order valence-corrected chi connectivity index (χ1v) is 8.42. The molecule has 0 saturated heterocycles. The fourth-order valence-electron chi connectivity index (χ4n) is 2.08. The van der Waals surface area contributed by atoms with Crippen molar-refractivity contribution in [3.8, 4) is 0 Å². The molecule has 0 spiro atoms. The second-order valence-electron chi connectivity index (χ2n) is 7.40. The van der Waals surface area contributed by atoms with Gasteiger partial charge in [-0.2, -0.15) is 0 Å². The van der Waals surface area contributed by atoms with Crippen molar-refractivity contribution < 1.29 is 24.2 Å². The summed E-state index contributed by atoms with van der Waals surface area (Å²) in [4.78, 5) is 34.7. The molecule has 0 bridgehead atoms. The summed E-state index contributed by atoms with van der Waals surface area (Å²) in [6.07, 6.45) is 1.05. The van der Waals surface area contributed by atoms with Crippen molar-refractivity contribution in [3.05, 3.63) is 0 Å². The highest BCUT2D eigenvalue weighted by Gasteiger charge is 2.25. The fraction of sp³-hybridized carbons (Fsp3) is 0.824. The van der Waals surface area contributed by atoms with E-state index in [1.165, 1.54) is 0 Å². The summed E-state index contributed by atoms with van der Waals surface area (Å²) in [5, 5.41) is 11.9. The average Bonchev–Trinajstić information content (AvgIpc) is 2.42. The number of amides is 1. The predicted octanol–water partition coefficient (Wildman–Crippen LogP) is 2.32. The van der Waals surface area contributed by atoms with Crippen molar-refractivity contribution in [2.24, 2.45) is 17.6 Å². The maximum absolute atomic E-state index is 11.9. The number of carbonyl (C=O) groups is 3. The lowest BCUT2D eigenvalue weighted by molar-refractivity contribution is -0.144. The minimum atomic E-state index is -0.987. The van der Waals surface area contributed by atoms with E-state index in [1.807, 2.05) is 13.8 Å². The van der Waals surface area contributed by atoms with Gasteiger partial charge in [-0.15, -0.1) is 0 Å². The Bertz CT molecular complexity index is 429. The number of ether oxygens (including phenoxy) is 1. The largest absolute Gasteiger partial charge is 0.481 e. The van der Waals surface area contributed by atoms with Crippen molar-refractivity contribution in [3.63, 3.8) is 0 Å². The van der Waals surface area contributed by atoms with E-state index in [0.29, 0.717) is 25.8 Å². The monoisotopic (exact) mass is 344 g/mol. The second-order valence-corrected chi connectivity index (χ2v) is 7.40. The van der Waals surface area contributed by atoms with Crippen LogP contribution in [0.5, 0.6) is 0 Å². The van der Waals surface area contributed by atoms with Gasteiger partial charge < -0.3 is 20.9 Å². The van der Waals surface area contributed by atoms with Crippen LogP contribution < -0.4 is 11.1 Å². The number of alkyl carbamates (subject to hydrolysis) is 1. The van der Waals surface area contributed by atoms with Crippen LogP contribution >= 0.6 is 0 Å². The lowest BCUT2D eigenvalue weighted by Crippen LogP contribution is -2.37. The molecule has 4 N–H and O–H groups in total. The van der Waals surface area contributed by atoms with Crippen molar-refractivity contribution in [2.75, 3.05) is 6.54 Å². The molecule has 0 fully saturated rings. The maximum Gasteiger partial charge on any atom is 0.407 e. The van der Waals surface area contributed by atoms with Crippen LogP contribution in [0.3, 0.4) is 0 Å². The Morgan fingerprint density at radius 3 is 2.21 bits per heavy atom. The first-order chi connectivity index (χ1) is 10.9. The van der Waals surface area contributed by atoms with Gasteiger partial charge in [0.15, 0.2) is 5.78 Å². The predicted molar refractivity (Wildman–Crippen MR) is 91.7 cm³/mol. The molecule has 2 atom stereocenters. The highest BCUT2D eigenvalue weighted by Crippen LogP contribution is 2.16. The number of ketones is 1. The highest BCUT2D eigenvalue weighted by atomic mass is 16.6. The lowest BCUT2D eigenvalue weighted by Gasteiger charge is -2.20. The van der Waals surface area contributed by atoms with Gasteiger partial charge in [0.25, 0.3) is 0 Å². The van der Waals surface area contributed by atoms with Crippen LogP contribution in [-0.4, -0.2) is 41.1 Å². The summed E-state index contributed by atoms with van der Waals surface area (Å²) in [5.41, 5.74) is 5.22. The van der Waals surface area contributed by atoms with Gasteiger partial charge in [-0.1, -0.05) is 20.3 Å². The molecule has 7 heteroatoms. The number of Topliss-reactive ketones (excluding diaryl/α,β-unsaturated/α-hetero) is 1. The number of rotatable bonds is 10. The molecule has 0 aliphatic heterocycles. The van der Waals surface area contributed by atoms with Gasteiger partial charge in [-0.3, -0.25) is 9.59 Å². The van der Waals surface area contributed by atoms with E-state index in [-0.39, 0.29) is 18.1 Å². The van der Waals surface area contributed by atoms with Crippen LogP contribution in [0.1, 0.15) is 60.3 Å². The van der Waals surface area contributed by atoms with Gasteiger partial charge >= 0.3 is 12.1 Å².